The number of benzene rings is 1. The van der Waals surface area contributed by atoms with E-state index < -0.39 is 16.6 Å². The third-order valence-corrected chi connectivity index (χ3v) is 7.51. The van der Waals surface area contributed by atoms with E-state index in [0.29, 0.717) is 23.9 Å². The van der Waals surface area contributed by atoms with Gasteiger partial charge in [0.2, 0.25) is 5.91 Å². The van der Waals surface area contributed by atoms with Crippen LogP contribution in [0, 0.1) is 17.3 Å². The number of amides is 4. The van der Waals surface area contributed by atoms with Crippen molar-refractivity contribution in [2.24, 2.45) is 17.3 Å². The second kappa shape index (κ2) is 6.30. The van der Waals surface area contributed by atoms with Crippen molar-refractivity contribution in [3.05, 3.63) is 29.8 Å². The predicted molar refractivity (Wildman–Crippen MR) is 110 cm³/mol. The molecule has 160 valence electrons. The monoisotopic (exact) mass is 411 g/mol. The zero-order valence-electron chi connectivity index (χ0n) is 17.5. The van der Waals surface area contributed by atoms with Gasteiger partial charge in [-0.3, -0.25) is 14.5 Å². The minimum atomic E-state index is -0.882. The first-order chi connectivity index (χ1) is 14.1. The van der Waals surface area contributed by atoms with Crippen molar-refractivity contribution in [1.82, 2.24) is 10.2 Å². The fraction of sp³-hybridized carbons (Fsp3) is 0.609. The Hall–Kier alpha value is -2.41. The van der Waals surface area contributed by atoms with E-state index in [1.165, 1.54) is 4.90 Å². The van der Waals surface area contributed by atoms with Crippen LogP contribution >= 0.6 is 0 Å². The van der Waals surface area contributed by atoms with Gasteiger partial charge in [0.15, 0.2) is 0 Å². The standard InChI is InChI=1S/C23H29N3O4/c1-21(2)19(28)26(20(29)25-21)12-14-3-5-17(6-4-14)24-18(27)22-8-15-7-16(9-22)11-23(30,10-15)13-22/h3-6,15-16,30H,7-13H2,1-2H3,(H,24,27)(H,25,29)/t15-,16+,22?,23?. The Labute approximate surface area is 176 Å². The normalized spacial score (nSPS) is 36.2. The van der Waals surface area contributed by atoms with Gasteiger partial charge in [-0.2, -0.15) is 0 Å². The highest BCUT2D eigenvalue weighted by Gasteiger charge is 2.60. The minimum absolute atomic E-state index is 0.0126. The first kappa shape index (κ1) is 19.5. The molecule has 5 fully saturated rings. The van der Waals surface area contributed by atoms with Gasteiger partial charge >= 0.3 is 6.03 Å². The topological polar surface area (TPSA) is 98.7 Å². The fourth-order valence-electron chi connectivity index (χ4n) is 6.58. The molecular weight excluding hydrogens is 382 g/mol. The maximum absolute atomic E-state index is 13.2. The molecule has 7 nitrogen and oxygen atoms in total. The molecule has 1 aliphatic heterocycles. The molecule has 4 amide bonds. The van der Waals surface area contributed by atoms with E-state index in [2.05, 4.69) is 10.6 Å². The van der Waals surface area contributed by atoms with Crippen LogP contribution in [0.5, 0.6) is 0 Å². The number of rotatable bonds is 4. The highest BCUT2D eigenvalue weighted by atomic mass is 16.3. The summed E-state index contributed by atoms with van der Waals surface area (Å²) < 4.78 is 0. The van der Waals surface area contributed by atoms with Crippen LogP contribution in [0.15, 0.2) is 24.3 Å². The fourth-order valence-corrected chi connectivity index (χ4v) is 6.58. The molecule has 7 heteroatoms. The van der Waals surface area contributed by atoms with Crippen LogP contribution in [0.4, 0.5) is 10.5 Å². The number of nitrogens with one attached hydrogen (secondary N) is 2. The molecule has 5 aliphatic rings. The lowest BCUT2D eigenvalue weighted by Crippen LogP contribution is -2.59. The molecule has 6 rings (SSSR count). The number of nitrogens with zero attached hydrogens (tertiary/aromatic N) is 1. The zero-order chi connectivity index (χ0) is 21.3. The molecular formula is C23H29N3O4. The first-order valence-corrected chi connectivity index (χ1v) is 10.8. The smallest absolute Gasteiger partial charge is 0.325 e. The van der Waals surface area contributed by atoms with Crippen molar-refractivity contribution in [2.45, 2.75) is 70.1 Å². The Kier molecular flexibility index (Phi) is 4.10. The lowest BCUT2D eigenvalue weighted by atomic mass is 9.47. The van der Waals surface area contributed by atoms with Gasteiger partial charge in [0.25, 0.3) is 5.91 Å². The number of aliphatic hydroxyl groups is 1. The second-order valence-electron chi connectivity index (χ2n) is 10.6. The summed E-state index contributed by atoms with van der Waals surface area (Å²) in [5.41, 5.74) is -0.486. The van der Waals surface area contributed by atoms with Gasteiger partial charge in [-0.25, -0.2) is 4.79 Å². The van der Waals surface area contributed by atoms with Gasteiger partial charge in [0.05, 0.1) is 17.6 Å². The number of hydrogen-bond acceptors (Lipinski definition) is 4. The van der Waals surface area contributed by atoms with Gasteiger partial charge in [0.1, 0.15) is 5.54 Å². The maximum Gasteiger partial charge on any atom is 0.325 e. The number of carbonyl (C=O) groups excluding carboxylic acids is 3. The van der Waals surface area contributed by atoms with E-state index in [4.69, 9.17) is 0 Å². The van der Waals surface area contributed by atoms with Crippen LogP contribution in [0.25, 0.3) is 0 Å². The average Bonchev–Trinajstić information content (AvgIpc) is 2.83. The third kappa shape index (κ3) is 3.11. The number of anilines is 1. The minimum Gasteiger partial charge on any atom is -0.390 e. The SMILES string of the molecule is CC1(C)NC(=O)N(Cc2ccc(NC(=O)C34C[C@@H]5C[C@@H](CC(O)(C5)C3)C4)cc2)C1=O. The van der Waals surface area contributed by atoms with E-state index in [9.17, 15) is 19.5 Å². The van der Waals surface area contributed by atoms with E-state index in [1.54, 1.807) is 13.8 Å². The van der Waals surface area contributed by atoms with E-state index in [0.717, 1.165) is 37.7 Å². The number of urea groups is 1. The number of hydrogen-bond donors (Lipinski definition) is 3. The largest absolute Gasteiger partial charge is 0.390 e. The van der Waals surface area contributed by atoms with E-state index in [-0.39, 0.29) is 24.4 Å². The van der Waals surface area contributed by atoms with Gasteiger partial charge in [-0.1, -0.05) is 12.1 Å². The lowest BCUT2D eigenvalue weighted by Gasteiger charge is -2.59. The summed E-state index contributed by atoms with van der Waals surface area (Å²) in [4.78, 5) is 38.8. The van der Waals surface area contributed by atoms with Crippen LogP contribution in [0.3, 0.4) is 0 Å². The Bertz CT molecular complexity index is 909. The molecule has 4 saturated carbocycles. The Balaban J connectivity index is 1.26. The summed E-state index contributed by atoms with van der Waals surface area (Å²) in [7, 11) is 0. The Morgan fingerprint density at radius 3 is 2.30 bits per heavy atom. The summed E-state index contributed by atoms with van der Waals surface area (Å²) in [6.07, 6.45) is 5.14. The number of carbonyl (C=O) groups is 3. The summed E-state index contributed by atoms with van der Waals surface area (Å²) in [6.45, 7) is 3.57. The van der Waals surface area contributed by atoms with Crippen LogP contribution in [0.2, 0.25) is 0 Å². The predicted octanol–water partition coefficient (Wildman–Crippen LogP) is 2.79. The Morgan fingerprint density at radius 2 is 1.77 bits per heavy atom. The van der Waals surface area contributed by atoms with Crippen molar-refractivity contribution >= 4 is 23.5 Å². The molecule has 1 aromatic rings. The van der Waals surface area contributed by atoms with Crippen molar-refractivity contribution in [2.75, 3.05) is 5.32 Å². The van der Waals surface area contributed by atoms with E-state index >= 15 is 0 Å². The quantitative estimate of drug-likeness (QED) is 0.664. The van der Waals surface area contributed by atoms with Crippen LogP contribution in [-0.4, -0.2) is 39.0 Å². The summed E-state index contributed by atoms with van der Waals surface area (Å²) >= 11 is 0. The molecule has 4 bridgehead atoms. The van der Waals surface area contributed by atoms with Crippen molar-refractivity contribution in [1.29, 1.82) is 0 Å². The van der Waals surface area contributed by atoms with Crippen molar-refractivity contribution in [3.63, 3.8) is 0 Å². The number of imide groups is 1. The lowest BCUT2D eigenvalue weighted by molar-refractivity contribution is -0.174. The van der Waals surface area contributed by atoms with Gasteiger partial charge in [0, 0.05) is 5.69 Å². The molecule has 0 radical (unpaired) electrons. The van der Waals surface area contributed by atoms with Gasteiger partial charge < -0.3 is 15.7 Å². The van der Waals surface area contributed by atoms with Gasteiger partial charge in [-0.15, -0.1) is 0 Å². The van der Waals surface area contributed by atoms with Crippen LogP contribution < -0.4 is 10.6 Å². The average molecular weight is 412 g/mol. The molecule has 4 atom stereocenters. The maximum atomic E-state index is 13.2. The van der Waals surface area contributed by atoms with Crippen LogP contribution in [-0.2, 0) is 16.1 Å². The highest BCUT2D eigenvalue weighted by Crippen LogP contribution is 2.61. The molecule has 2 unspecified atom stereocenters. The third-order valence-electron chi connectivity index (χ3n) is 7.51. The van der Waals surface area contributed by atoms with Crippen molar-refractivity contribution in [3.8, 4) is 0 Å². The highest BCUT2D eigenvalue weighted by molar-refractivity contribution is 6.06. The molecule has 1 heterocycles. The molecule has 3 N–H and O–H groups in total. The molecule has 1 saturated heterocycles. The second-order valence-corrected chi connectivity index (χ2v) is 10.6. The molecule has 0 aromatic heterocycles. The molecule has 30 heavy (non-hydrogen) atoms. The van der Waals surface area contributed by atoms with Gasteiger partial charge in [-0.05, 0) is 81.9 Å². The summed E-state index contributed by atoms with van der Waals surface area (Å²) in [5.74, 6) is 0.679. The molecule has 4 aliphatic carbocycles. The molecule has 1 aromatic carbocycles. The van der Waals surface area contributed by atoms with Crippen molar-refractivity contribution < 1.29 is 19.5 Å². The summed E-state index contributed by atoms with van der Waals surface area (Å²) in [5, 5.41) is 16.6. The zero-order valence-corrected chi connectivity index (χ0v) is 17.5. The first-order valence-electron chi connectivity index (χ1n) is 10.8. The molecule has 0 spiro atoms. The van der Waals surface area contributed by atoms with Crippen LogP contribution in [0.1, 0.15) is 57.9 Å². The Morgan fingerprint density at radius 1 is 1.13 bits per heavy atom. The van der Waals surface area contributed by atoms with E-state index in [1.807, 2.05) is 24.3 Å². The summed E-state index contributed by atoms with van der Waals surface area (Å²) in [6, 6.07) is 6.89.